The average molecular weight is 367 g/mol. The number of aromatic nitrogens is 2. The summed E-state index contributed by atoms with van der Waals surface area (Å²) in [6.45, 7) is 0. The molecule has 0 spiro atoms. The molecule has 3 aromatic rings. The highest BCUT2D eigenvalue weighted by Gasteiger charge is 2.14. The molecule has 0 amide bonds. The van der Waals surface area contributed by atoms with E-state index in [4.69, 9.17) is 0 Å². The van der Waals surface area contributed by atoms with Crippen LogP contribution in [-0.4, -0.2) is 15.7 Å². The molecule has 0 saturated carbocycles. The van der Waals surface area contributed by atoms with E-state index < -0.39 is 5.76 Å². The molecule has 1 heterocycles. The molecule has 0 N–H and O–H groups in total. The normalized spacial score (nSPS) is 11.2. The van der Waals surface area contributed by atoms with Crippen molar-refractivity contribution in [2.75, 3.05) is 0 Å². The first-order valence-electron chi connectivity index (χ1n) is 6.11. The van der Waals surface area contributed by atoms with Crippen LogP contribution in [0.25, 0.3) is 22.3 Å². The molecular formula is C15H9BrF2N2S. The monoisotopic (exact) mass is 366 g/mol. The van der Waals surface area contributed by atoms with Crippen molar-refractivity contribution >= 4 is 38.6 Å². The van der Waals surface area contributed by atoms with Crippen LogP contribution in [0.15, 0.2) is 58.0 Å². The Morgan fingerprint density at radius 1 is 0.952 bits per heavy atom. The summed E-state index contributed by atoms with van der Waals surface area (Å²) < 4.78 is 26.4. The van der Waals surface area contributed by atoms with Gasteiger partial charge in [0.1, 0.15) is 5.03 Å². The lowest BCUT2D eigenvalue weighted by Gasteiger charge is -2.08. The lowest BCUT2D eigenvalue weighted by Crippen LogP contribution is -1.95. The van der Waals surface area contributed by atoms with Crippen LogP contribution in [0.3, 0.4) is 0 Å². The second kappa shape index (κ2) is 6.07. The van der Waals surface area contributed by atoms with Crippen LogP contribution in [0.1, 0.15) is 0 Å². The van der Waals surface area contributed by atoms with Crippen LogP contribution >= 0.6 is 27.7 Å². The molecule has 0 unspecified atom stereocenters. The molecule has 0 atom stereocenters. The molecule has 2 aromatic carbocycles. The molecule has 3 rings (SSSR count). The summed E-state index contributed by atoms with van der Waals surface area (Å²) >= 11 is 3.81. The quantitative estimate of drug-likeness (QED) is 0.460. The average Bonchev–Trinajstić information content (AvgIpc) is 2.47. The molecule has 106 valence electrons. The Morgan fingerprint density at radius 2 is 1.67 bits per heavy atom. The number of rotatable bonds is 3. The van der Waals surface area contributed by atoms with Crippen LogP contribution in [0.2, 0.25) is 0 Å². The fourth-order valence-electron chi connectivity index (χ4n) is 1.95. The van der Waals surface area contributed by atoms with Crippen molar-refractivity contribution in [1.82, 2.24) is 9.97 Å². The first-order chi connectivity index (χ1) is 10.1. The van der Waals surface area contributed by atoms with Gasteiger partial charge in [0.05, 0.1) is 5.52 Å². The first-order valence-corrected chi connectivity index (χ1v) is 7.78. The molecule has 6 heteroatoms. The topological polar surface area (TPSA) is 25.8 Å². The zero-order valence-electron chi connectivity index (χ0n) is 10.6. The van der Waals surface area contributed by atoms with Gasteiger partial charge in [0.15, 0.2) is 5.82 Å². The second-order valence-electron chi connectivity index (χ2n) is 4.25. The third-order valence-corrected chi connectivity index (χ3v) is 4.11. The number of para-hydroxylation sites is 1. The van der Waals surface area contributed by atoms with Crippen molar-refractivity contribution in [3.05, 3.63) is 53.0 Å². The van der Waals surface area contributed by atoms with E-state index in [1.54, 1.807) is 18.2 Å². The molecular weight excluding hydrogens is 358 g/mol. The molecule has 2 nitrogen and oxygen atoms in total. The molecule has 0 bridgehead atoms. The zero-order valence-corrected chi connectivity index (χ0v) is 13.0. The van der Waals surface area contributed by atoms with Crippen molar-refractivity contribution in [3.63, 3.8) is 0 Å². The van der Waals surface area contributed by atoms with E-state index in [1.807, 2.05) is 30.3 Å². The largest absolute Gasteiger partial charge is 0.290 e. The fourth-order valence-corrected chi connectivity index (χ4v) is 2.82. The molecule has 0 fully saturated rings. The predicted molar refractivity (Wildman–Crippen MR) is 84.5 cm³/mol. The minimum Gasteiger partial charge on any atom is -0.228 e. The smallest absolute Gasteiger partial charge is 0.228 e. The van der Waals surface area contributed by atoms with Crippen molar-refractivity contribution < 1.29 is 8.78 Å². The first kappa shape index (κ1) is 14.4. The molecule has 1 aromatic heterocycles. The predicted octanol–water partition coefficient (Wildman–Crippen LogP) is 5.37. The summed E-state index contributed by atoms with van der Waals surface area (Å²) in [5.41, 5.74) is 1.45. The number of nitrogens with zero attached hydrogens (tertiary/aromatic N) is 2. The van der Waals surface area contributed by atoms with Gasteiger partial charge in [0.25, 0.3) is 5.76 Å². The number of hydrogen-bond donors (Lipinski definition) is 0. The highest BCUT2D eigenvalue weighted by atomic mass is 79.9. The Hall–Kier alpha value is -1.53. The summed E-state index contributed by atoms with van der Waals surface area (Å²) in [6, 6.07) is 14.6. The highest BCUT2D eigenvalue weighted by molar-refractivity contribution is 9.10. The summed E-state index contributed by atoms with van der Waals surface area (Å²) in [5.74, 6) is -2.06. The number of hydrogen-bond acceptors (Lipinski definition) is 3. The minimum absolute atomic E-state index is 0.300. The van der Waals surface area contributed by atoms with Crippen molar-refractivity contribution in [2.24, 2.45) is 0 Å². The SMILES string of the molecule is FC(F)Sc1nc(-c2ccc(Br)cc2)nc2ccccc12. The van der Waals surface area contributed by atoms with Gasteiger partial charge in [0.2, 0.25) is 0 Å². The van der Waals surface area contributed by atoms with E-state index in [0.29, 0.717) is 33.5 Å². The highest BCUT2D eigenvalue weighted by Crippen LogP contribution is 2.32. The molecule has 21 heavy (non-hydrogen) atoms. The third kappa shape index (κ3) is 3.22. The zero-order chi connectivity index (χ0) is 14.8. The van der Waals surface area contributed by atoms with Gasteiger partial charge in [-0.05, 0) is 30.0 Å². The fraction of sp³-hybridized carbons (Fsp3) is 0.0667. The Bertz CT molecular complexity index is 778. The molecule has 0 aliphatic heterocycles. The molecule has 0 radical (unpaired) electrons. The third-order valence-electron chi connectivity index (χ3n) is 2.87. The van der Waals surface area contributed by atoms with E-state index in [2.05, 4.69) is 25.9 Å². The second-order valence-corrected chi connectivity index (χ2v) is 6.15. The van der Waals surface area contributed by atoms with Crippen LogP contribution in [-0.2, 0) is 0 Å². The number of thioether (sulfide) groups is 1. The Labute approximate surface area is 132 Å². The maximum atomic E-state index is 12.7. The molecule has 0 aliphatic rings. The molecule has 0 aliphatic carbocycles. The number of benzene rings is 2. The van der Waals surface area contributed by atoms with E-state index in [1.165, 1.54) is 0 Å². The summed E-state index contributed by atoms with van der Waals surface area (Å²) in [7, 11) is 0. The van der Waals surface area contributed by atoms with Gasteiger partial charge >= 0.3 is 0 Å². The summed E-state index contributed by atoms with van der Waals surface area (Å²) in [5, 5.41) is 0.942. The lowest BCUT2D eigenvalue weighted by atomic mass is 10.2. The van der Waals surface area contributed by atoms with Crippen molar-refractivity contribution in [1.29, 1.82) is 0 Å². The Morgan fingerprint density at radius 3 is 2.38 bits per heavy atom. The van der Waals surface area contributed by atoms with E-state index in [0.717, 1.165) is 10.0 Å². The van der Waals surface area contributed by atoms with Gasteiger partial charge in [-0.3, -0.25) is 0 Å². The maximum Gasteiger partial charge on any atom is 0.290 e. The number of fused-ring (bicyclic) bond motifs is 1. The van der Waals surface area contributed by atoms with Crippen LogP contribution in [0.4, 0.5) is 8.78 Å². The van der Waals surface area contributed by atoms with Crippen LogP contribution in [0, 0.1) is 0 Å². The van der Waals surface area contributed by atoms with E-state index in [9.17, 15) is 8.78 Å². The van der Waals surface area contributed by atoms with Crippen LogP contribution in [0.5, 0.6) is 0 Å². The summed E-state index contributed by atoms with van der Waals surface area (Å²) in [6.07, 6.45) is 0. The van der Waals surface area contributed by atoms with Gasteiger partial charge in [-0.2, -0.15) is 8.78 Å². The van der Waals surface area contributed by atoms with Crippen LogP contribution < -0.4 is 0 Å². The molecule has 0 saturated heterocycles. The van der Waals surface area contributed by atoms with Gasteiger partial charge < -0.3 is 0 Å². The van der Waals surface area contributed by atoms with Crippen molar-refractivity contribution in [3.8, 4) is 11.4 Å². The van der Waals surface area contributed by atoms with Gasteiger partial charge in [-0.1, -0.05) is 46.3 Å². The van der Waals surface area contributed by atoms with Gasteiger partial charge in [0, 0.05) is 15.4 Å². The maximum absolute atomic E-state index is 12.7. The number of halogens is 3. The van der Waals surface area contributed by atoms with Crippen molar-refractivity contribution in [2.45, 2.75) is 10.8 Å². The standard InChI is InChI=1S/C15H9BrF2N2S/c16-10-7-5-9(6-8-10)13-19-12-4-2-1-3-11(12)14(20-13)21-15(17)18/h1-8,15H. The Kier molecular flexibility index (Phi) is 4.17. The number of alkyl halides is 2. The Balaban J connectivity index is 2.17. The minimum atomic E-state index is -2.51. The van der Waals surface area contributed by atoms with E-state index >= 15 is 0 Å². The van der Waals surface area contributed by atoms with E-state index in [-0.39, 0.29) is 0 Å². The van der Waals surface area contributed by atoms with Gasteiger partial charge in [-0.25, -0.2) is 9.97 Å². The van der Waals surface area contributed by atoms with Gasteiger partial charge in [-0.15, -0.1) is 0 Å². The lowest BCUT2D eigenvalue weighted by molar-refractivity contribution is 0.252. The summed E-state index contributed by atoms with van der Waals surface area (Å²) in [4.78, 5) is 8.76.